The van der Waals surface area contributed by atoms with Gasteiger partial charge in [0.1, 0.15) is 11.4 Å². The molecule has 0 bridgehead atoms. The van der Waals surface area contributed by atoms with Gasteiger partial charge in [-0.3, -0.25) is 0 Å². The third-order valence-electron chi connectivity index (χ3n) is 4.02. The Hall–Kier alpha value is -1.06. The Morgan fingerprint density at radius 3 is 2.82 bits per heavy atom. The molecule has 1 aliphatic heterocycles. The van der Waals surface area contributed by atoms with E-state index in [1.807, 2.05) is 6.07 Å². The van der Waals surface area contributed by atoms with Crippen molar-refractivity contribution in [2.24, 2.45) is 5.73 Å². The summed E-state index contributed by atoms with van der Waals surface area (Å²) in [6, 6.07) is 6.36. The Bertz CT molecular complexity index is 438. The number of methoxy groups -OCH3 is 1. The van der Waals surface area contributed by atoms with Gasteiger partial charge in [-0.2, -0.15) is 0 Å². The first-order valence-corrected chi connectivity index (χ1v) is 6.20. The maximum absolute atomic E-state index is 6.27. The van der Waals surface area contributed by atoms with Gasteiger partial charge in [0.15, 0.2) is 0 Å². The van der Waals surface area contributed by atoms with Gasteiger partial charge in [0.25, 0.3) is 0 Å². The van der Waals surface area contributed by atoms with Crippen LogP contribution in [0.3, 0.4) is 0 Å². The predicted octanol–water partition coefficient (Wildman–Crippen LogP) is 2.32. The smallest absolute Gasteiger partial charge is 0.124 e. The van der Waals surface area contributed by atoms with E-state index in [1.54, 1.807) is 7.11 Å². The second-order valence-electron chi connectivity index (χ2n) is 5.40. The summed E-state index contributed by atoms with van der Waals surface area (Å²) in [7, 11) is 1.76. The summed E-state index contributed by atoms with van der Waals surface area (Å²) in [5, 5.41) is 0. The molecular formula is C14H19NO2. The molecule has 3 heteroatoms. The number of ether oxygens (including phenoxy) is 2. The summed E-state index contributed by atoms with van der Waals surface area (Å²) in [5.41, 5.74) is 8.59. The molecule has 1 aromatic carbocycles. The van der Waals surface area contributed by atoms with Crippen molar-refractivity contribution in [2.45, 2.75) is 43.9 Å². The van der Waals surface area contributed by atoms with Crippen LogP contribution in [0.5, 0.6) is 5.75 Å². The van der Waals surface area contributed by atoms with Crippen molar-refractivity contribution in [2.75, 3.05) is 7.11 Å². The molecule has 3 nitrogen and oxygen atoms in total. The van der Waals surface area contributed by atoms with E-state index in [2.05, 4.69) is 19.1 Å². The first kappa shape index (κ1) is 11.1. The van der Waals surface area contributed by atoms with Crippen LogP contribution in [0, 0.1) is 6.92 Å². The lowest BCUT2D eigenvalue weighted by Crippen LogP contribution is -2.55. The van der Waals surface area contributed by atoms with Crippen LogP contribution in [-0.4, -0.2) is 18.8 Å². The van der Waals surface area contributed by atoms with Crippen molar-refractivity contribution in [3.8, 4) is 5.75 Å². The highest BCUT2D eigenvalue weighted by Gasteiger charge is 2.50. The Morgan fingerprint density at radius 2 is 2.12 bits per heavy atom. The highest BCUT2D eigenvalue weighted by atomic mass is 16.5. The molecule has 0 saturated heterocycles. The Balaban J connectivity index is 1.87. The van der Waals surface area contributed by atoms with Crippen molar-refractivity contribution >= 4 is 0 Å². The molecule has 1 atom stereocenters. The van der Waals surface area contributed by atoms with Gasteiger partial charge in [-0.15, -0.1) is 0 Å². The van der Waals surface area contributed by atoms with Crippen LogP contribution in [0.1, 0.15) is 36.4 Å². The molecule has 1 saturated carbocycles. The fraction of sp³-hybridized carbons (Fsp3) is 0.571. The molecule has 1 heterocycles. The minimum absolute atomic E-state index is 0.0671. The molecule has 1 fully saturated rings. The number of nitrogens with two attached hydrogens (primary N) is 1. The summed E-state index contributed by atoms with van der Waals surface area (Å²) in [5.74, 6) is 0.962. The zero-order valence-corrected chi connectivity index (χ0v) is 10.4. The number of fused-ring (bicyclic) bond motifs is 1. The zero-order chi connectivity index (χ0) is 12.0. The van der Waals surface area contributed by atoms with E-state index in [0.717, 1.165) is 30.6 Å². The normalized spacial score (nSPS) is 35.0. The lowest BCUT2D eigenvalue weighted by Gasteiger charge is -2.50. The van der Waals surface area contributed by atoms with E-state index in [0.29, 0.717) is 6.10 Å². The number of rotatable bonds is 1. The maximum atomic E-state index is 6.27. The molecule has 1 aromatic rings. The van der Waals surface area contributed by atoms with Gasteiger partial charge in [0, 0.05) is 38.0 Å². The first-order chi connectivity index (χ1) is 8.12. The predicted molar refractivity (Wildman–Crippen MR) is 66.1 cm³/mol. The quantitative estimate of drug-likeness (QED) is 0.809. The molecule has 0 amide bonds. The van der Waals surface area contributed by atoms with E-state index >= 15 is 0 Å². The summed E-state index contributed by atoms with van der Waals surface area (Å²) < 4.78 is 11.5. The third kappa shape index (κ3) is 1.74. The fourth-order valence-electron chi connectivity index (χ4n) is 3.02. The highest BCUT2D eigenvalue weighted by molar-refractivity contribution is 5.42. The molecule has 1 aliphatic carbocycles. The average molecular weight is 233 g/mol. The largest absolute Gasteiger partial charge is 0.487 e. The molecular weight excluding hydrogens is 214 g/mol. The number of aryl methyl sites for hydroxylation is 1. The Labute approximate surface area is 102 Å². The summed E-state index contributed by atoms with van der Waals surface area (Å²) in [4.78, 5) is 0. The number of benzene rings is 1. The van der Waals surface area contributed by atoms with Crippen LogP contribution in [0.25, 0.3) is 0 Å². The van der Waals surface area contributed by atoms with Gasteiger partial charge in [-0.05, 0) is 13.0 Å². The molecule has 1 spiro atoms. The average Bonchev–Trinajstić information content (AvgIpc) is 2.26. The van der Waals surface area contributed by atoms with Crippen molar-refractivity contribution in [1.82, 2.24) is 0 Å². The summed E-state index contributed by atoms with van der Waals surface area (Å²) in [6.07, 6.45) is 3.17. The lowest BCUT2D eigenvalue weighted by molar-refractivity contribution is -0.124. The monoisotopic (exact) mass is 233 g/mol. The standard InChI is InChI=1S/C14H19NO2/c1-9-3-4-13-11(5-9)12(15)8-14(17-13)6-10(7-14)16-2/h3-5,10,12H,6-8,15H2,1-2H3/t10?,12-,14?/m1/s1. The molecule has 0 unspecified atom stereocenters. The molecule has 2 aliphatic rings. The lowest BCUT2D eigenvalue weighted by atomic mass is 9.71. The van der Waals surface area contributed by atoms with E-state index in [4.69, 9.17) is 15.2 Å². The Morgan fingerprint density at radius 1 is 1.35 bits per heavy atom. The van der Waals surface area contributed by atoms with Crippen LogP contribution in [0.4, 0.5) is 0 Å². The van der Waals surface area contributed by atoms with Crippen molar-refractivity contribution < 1.29 is 9.47 Å². The van der Waals surface area contributed by atoms with Gasteiger partial charge in [-0.1, -0.05) is 17.7 Å². The molecule has 17 heavy (non-hydrogen) atoms. The van der Waals surface area contributed by atoms with E-state index < -0.39 is 0 Å². The minimum Gasteiger partial charge on any atom is -0.487 e. The maximum Gasteiger partial charge on any atom is 0.124 e. The summed E-state index contributed by atoms with van der Waals surface area (Å²) >= 11 is 0. The molecule has 0 radical (unpaired) electrons. The topological polar surface area (TPSA) is 44.5 Å². The van der Waals surface area contributed by atoms with Gasteiger partial charge >= 0.3 is 0 Å². The minimum atomic E-state index is -0.0671. The van der Waals surface area contributed by atoms with Crippen molar-refractivity contribution in [3.05, 3.63) is 29.3 Å². The van der Waals surface area contributed by atoms with Gasteiger partial charge in [0.2, 0.25) is 0 Å². The summed E-state index contributed by atoms with van der Waals surface area (Å²) in [6.45, 7) is 2.08. The van der Waals surface area contributed by atoms with Crippen LogP contribution in [0.2, 0.25) is 0 Å². The molecule has 0 aromatic heterocycles. The highest BCUT2D eigenvalue weighted by Crippen LogP contribution is 2.49. The van der Waals surface area contributed by atoms with E-state index in [1.165, 1.54) is 5.56 Å². The van der Waals surface area contributed by atoms with Gasteiger partial charge < -0.3 is 15.2 Å². The number of hydrogen-bond donors (Lipinski definition) is 1. The molecule has 92 valence electrons. The Kier molecular flexibility index (Phi) is 2.42. The van der Waals surface area contributed by atoms with Crippen LogP contribution in [-0.2, 0) is 4.74 Å². The van der Waals surface area contributed by atoms with Gasteiger partial charge in [0.05, 0.1) is 6.10 Å². The second-order valence-corrected chi connectivity index (χ2v) is 5.40. The molecule has 3 rings (SSSR count). The molecule has 2 N–H and O–H groups in total. The third-order valence-corrected chi connectivity index (χ3v) is 4.02. The van der Waals surface area contributed by atoms with Crippen molar-refractivity contribution in [1.29, 1.82) is 0 Å². The van der Waals surface area contributed by atoms with Gasteiger partial charge in [-0.25, -0.2) is 0 Å². The van der Waals surface area contributed by atoms with Crippen LogP contribution in [0.15, 0.2) is 18.2 Å². The fourth-order valence-corrected chi connectivity index (χ4v) is 3.02. The first-order valence-electron chi connectivity index (χ1n) is 6.20. The van der Waals surface area contributed by atoms with Crippen LogP contribution >= 0.6 is 0 Å². The number of hydrogen-bond acceptors (Lipinski definition) is 3. The zero-order valence-electron chi connectivity index (χ0n) is 10.4. The second kappa shape index (κ2) is 3.72. The van der Waals surface area contributed by atoms with E-state index in [9.17, 15) is 0 Å². The van der Waals surface area contributed by atoms with Crippen LogP contribution < -0.4 is 10.5 Å². The SMILES string of the molecule is COC1CC2(C1)C[C@@H](N)c1cc(C)ccc1O2. The van der Waals surface area contributed by atoms with Crippen molar-refractivity contribution in [3.63, 3.8) is 0 Å². The van der Waals surface area contributed by atoms with E-state index in [-0.39, 0.29) is 11.6 Å².